The molecule has 0 aromatic carbocycles. The van der Waals surface area contributed by atoms with Crippen LogP contribution in [0.15, 0.2) is 12.4 Å². The second kappa shape index (κ2) is 4.65. The number of nitrogen functional groups attached to an aromatic ring is 1. The van der Waals surface area contributed by atoms with Crippen LogP contribution in [0.1, 0.15) is 13.3 Å². The highest BCUT2D eigenvalue weighted by Gasteiger charge is 2.25. The Morgan fingerprint density at radius 1 is 1.50 bits per heavy atom. The molecule has 16 heavy (non-hydrogen) atoms. The van der Waals surface area contributed by atoms with Crippen LogP contribution in [-0.4, -0.2) is 34.8 Å². The Hall–Kier alpha value is -1.36. The predicted molar refractivity (Wildman–Crippen MR) is 63.0 cm³/mol. The first-order valence-corrected chi connectivity index (χ1v) is 5.62. The maximum Gasteiger partial charge on any atom is 0.134 e. The maximum absolute atomic E-state index is 9.24. The number of aliphatic hydroxyl groups excluding tert-OH is 1. The molecule has 5 heteroatoms. The Bertz CT molecular complexity index is 358. The van der Waals surface area contributed by atoms with E-state index >= 15 is 0 Å². The van der Waals surface area contributed by atoms with Gasteiger partial charge >= 0.3 is 0 Å². The van der Waals surface area contributed by atoms with Crippen molar-refractivity contribution in [2.45, 2.75) is 13.3 Å². The number of piperidine rings is 1. The number of anilines is 2. The number of rotatable bonds is 2. The van der Waals surface area contributed by atoms with Gasteiger partial charge < -0.3 is 15.7 Å². The molecule has 5 nitrogen and oxygen atoms in total. The van der Waals surface area contributed by atoms with Crippen molar-refractivity contribution in [3.8, 4) is 0 Å². The van der Waals surface area contributed by atoms with E-state index in [0.717, 1.165) is 25.3 Å². The van der Waals surface area contributed by atoms with Crippen molar-refractivity contribution in [1.82, 2.24) is 9.97 Å². The van der Waals surface area contributed by atoms with Gasteiger partial charge in [-0.05, 0) is 18.3 Å². The van der Waals surface area contributed by atoms with Gasteiger partial charge in [0.15, 0.2) is 0 Å². The number of nitrogens with zero attached hydrogens (tertiary/aromatic N) is 3. The van der Waals surface area contributed by atoms with Crippen LogP contribution in [0.25, 0.3) is 0 Å². The molecule has 1 fully saturated rings. The average Bonchev–Trinajstić information content (AvgIpc) is 2.28. The van der Waals surface area contributed by atoms with E-state index in [2.05, 4.69) is 21.8 Å². The molecule has 0 radical (unpaired) electrons. The molecule has 1 aromatic rings. The van der Waals surface area contributed by atoms with Gasteiger partial charge in [0.05, 0.1) is 0 Å². The largest absolute Gasteiger partial charge is 0.396 e. The summed E-state index contributed by atoms with van der Waals surface area (Å²) in [7, 11) is 0. The maximum atomic E-state index is 9.24. The van der Waals surface area contributed by atoms with Crippen LogP contribution in [0.5, 0.6) is 0 Å². The zero-order valence-corrected chi connectivity index (χ0v) is 9.50. The lowest BCUT2D eigenvalue weighted by atomic mass is 9.91. The van der Waals surface area contributed by atoms with Crippen LogP contribution >= 0.6 is 0 Å². The van der Waals surface area contributed by atoms with Crippen molar-refractivity contribution in [3.05, 3.63) is 12.4 Å². The average molecular weight is 222 g/mol. The Labute approximate surface area is 95.3 Å². The van der Waals surface area contributed by atoms with Crippen LogP contribution in [0, 0.1) is 11.8 Å². The summed E-state index contributed by atoms with van der Waals surface area (Å²) in [6.45, 7) is 4.24. The highest BCUT2D eigenvalue weighted by molar-refractivity contribution is 5.46. The van der Waals surface area contributed by atoms with Crippen LogP contribution in [0.3, 0.4) is 0 Å². The summed E-state index contributed by atoms with van der Waals surface area (Å²) in [6, 6.07) is 1.78. The third kappa shape index (κ3) is 2.41. The summed E-state index contributed by atoms with van der Waals surface area (Å²) in [4.78, 5) is 10.3. The first-order chi connectivity index (χ1) is 7.69. The minimum atomic E-state index is 0.238. The second-order valence-electron chi connectivity index (χ2n) is 4.60. The molecule has 2 atom stereocenters. The van der Waals surface area contributed by atoms with E-state index < -0.39 is 0 Å². The summed E-state index contributed by atoms with van der Waals surface area (Å²) >= 11 is 0. The molecule has 0 spiro atoms. The third-order valence-corrected chi connectivity index (χ3v) is 3.00. The molecular formula is C11H18N4O. The van der Waals surface area contributed by atoms with Gasteiger partial charge in [0.1, 0.15) is 18.0 Å². The minimum absolute atomic E-state index is 0.238. The normalized spacial score (nSPS) is 25.8. The summed E-state index contributed by atoms with van der Waals surface area (Å²) in [5.74, 6) is 2.25. The van der Waals surface area contributed by atoms with Gasteiger partial charge in [-0.1, -0.05) is 6.92 Å². The van der Waals surface area contributed by atoms with Crippen LogP contribution in [0.4, 0.5) is 11.6 Å². The Morgan fingerprint density at radius 2 is 2.31 bits per heavy atom. The van der Waals surface area contributed by atoms with E-state index in [-0.39, 0.29) is 6.61 Å². The molecule has 1 aliphatic heterocycles. The molecule has 1 saturated heterocycles. The Kier molecular flexibility index (Phi) is 3.24. The third-order valence-electron chi connectivity index (χ3n) is 3.00. The molecule has 0 aliphatic carbocycles. The number of aromatic nitrogens is 2. The number of hydrogen-bond donors (Lipinski definition) is 2. The number of nitrogens with two attached hydrogens (primary N) is 1. The molecule has 0 saturated carbocycles. The fourth-order valence-corrected chi connectivity index (χ4v) is 2.33. The molecule has 0 amide bonds. The lowest BCUT2D eigenvalue weighted by Crippen LogP contribution is -2.41. The molecule has 3 N–H and O–H groups in total. The van der Waals surface area contributed by atoms with Crippen molar-refractivity contribution < 1.29 is 5.11 Å². The van der Waals surface area contributed by atoms with Gasteiger partial charge in [0.2, 0.25) is 0 Å². The van der Waals surface area contributed by atoms with Crippen molar-refractivity contribution in [1.29, 1.82) is 0 Å². The first-order valence-electron chi connectivity index (χ1n) is 5.62. The lowest BCUT2D eigenvalue weighted by molar-refractivity contribution is 0.189. The molecule has 1 aliphatic rings. The monoisotopic (exact) mass is 222 g/mol. The quantitative estimate of drug-likeness (QED) is 0.762. The zero-order valence-electron chi connectivity index (χ0n) is 9.50. The van der Waals surface area contributed by atoms with E-state index in [4.69, 9.17) is 5.73 Å². The summed E-state index contributed by atoms with van der Waals surface area (Å²) in [6.07, 6.45) is 2.56. The van der Waals surface area contributed by atoms with E-state index in [0.29, 0.717) is 17.7 Å². The molecular weight excluding hydrogens is 204 g/mol. The molecule has 2 rings (SSSR count). The topological polar surface area (TPSA) is 75.3 Å². The summed E-state index contributed by atoms with van der Waals surface area (Å²) in [5.41, 5.74) is 5.64. The van der Waals surface area contributed by atoms with Crippen molar-refractivity contribution in [2.75, 3.05) is 30.3 Å². The molecule has 2 heterocycles. The predicted octanol–water partition coefficient (Wildman–Crippen LogP) is 0.514. The molecule has 1 aromatic heterocycles. The standard InChI is InChI=1S/C11H18N4O/c1-8-2-9(6-16)5-15(4-8)11-3-10(12)13-7-14-11/h3,7-9,16H,2,4-6H2,1H3,(H2,12,13,14). The molecule has 2 unspecified atom stereocenters. The van der Waals surface area contributed by atoms with Crippen molar-refractivity contribution in [3.63, 3.8) is 0 Å². The van der Waals surface area contributed by atoms with Gasteiger partial charge in [-0.25, -0.2) is 9.97 Å². The van der Waals surface area contributed by atoms with E-state index in [1.165, 1.54) is 6.33 Å². The number of hydrogen-bond acceptors (Lipinski definition) is 5. The fraction of sp³-hybridized carbons (Fsp3) is 0.636. The Morgan fingerprint density at radius 3 is 3.00 bits per heavy atom. The van der Waals surface area contributed by atoms with Crippen molar-refractivity contribution in [2.24, 2.45) is 11.8 Å². The summed E-state index contributed by atoms with van der Waals surface area (Å²) < 4.78 is 0. The van der Waals surface area contributed by atoms with Gasteiger partial charge in [0.25, 0.3) is 0 Å². The summed E-state index contributed by atoms with van der Waals surface area (Å²) in [5, 5.41) is 9.24. The molecule has 88 valence electrons. The van der Waals surface area contributed by atoms with Crippen LogP contribution in [0.2, 0.25) is 0 Å². The highest BCUT2D eigenvalue weighted by Crippen LogP contribution is 2.25. The fourth-order valence-electron chi connectivity index (χ4n) is 2.33. The van der Waals surface area contributed by atoms with E-state index in [9.17, 15) is 5.11 Å². The zero-order chi connectivity index (χ0) is 11.5. The van der Waals surface area contributed by atoms with Crippen LogP contribution < -0.4 is 10.6 Å². The smallest absolute Gasteiger partial charge is 0.134 e. The van der Waals surface area contributed by atoms with Gasteiger partial charge in [-0.2, -0.15) is 0 Å². The van der Waals surface area contributed by atoms with Crippen LogP contribution in [-0.2, 0) is 0 Å². The van der Waals surface area contributed by atoms with Gasteiger partial charge in [-0.15, -0.1) is 0 Å². The van der Waals surface area contributed by atoms with Gasteiger partial charge in [-0.3, -0.25) is 0 Å². The minimum Gasteiger partial charge on any atom is -0.396 e. The van der Waals surface area contributed by atoms with Gasteiger partial charge in [0, 0.05) is 25.8 Å². The first kappa shape index (κ1) is 11.1. The SMILES string of the molecule is CC1CC(CO)CN(c2cc(N)ncn2)C1. The van der Waals surface area contributed by atoms with E-state index in [1.54, 1.807) is 6.07 Å². The van der Waals surface area contributed by atoms with E-state index in [1.807, 2.05) is 0 Å². The highest BCUT2D eigenvalue weighted by atomic mass is 16.3. The van der Waals surface area contributed by atoms with Crippen molar-refractivity contribution >= 4 is 11.6 Å². The Balaban J connectivity index is 2.14. The second-order valence-corrected chi connectivity index (χ2v) is 4.60. The number of aliphatic hydroxyl groups is 1. The molecule has 0 bridgehead atoms. The lowest BCUT2D eigenvalue weighted by Gasteiger charge is -2.36.